The van der Waals surface area contributed by atoms with Crippen LogP contribution < -0.4 is 10.6 Å². The Morgan fingerprint density at radius 2 is 1.82 bits per heavy atom. The van der Waals surface area contributed by atoms with Gasteiger partial charge in [0.1, 0.15) is 5.82 Å². The summed E-state index contributed by atoms with van der Waals surface area (Å²) in [5.74, 6) is -1.02. The lowest BCUT2D eigenvalue weighted by Crippen LogP contribution is -2.16. The SMILES string of the molecule is CC(=O)Nc1ccc(Br)cc1NC(=O)c1ccc(F)cc1I. The first-order chi connectivity index (χ1) is 10.4. The highest BCUT2D eigenvalue weighted by molar-refractivity contribution is 14.1. The van der Waals surface area contributed by atoms with E-state index in [0.29, 0.717) is 20.5 Å². The molecule has 0 unspecified atom stereocenters. The zero-order chi connectivity index (χ0) is 16.3. The smallest absolute Gasteiger partial charge is 0.256 e. The second-order valence-corrected chi connectivity index (χ2v) is 6.53. The Morgan fingerprint density at radius 1 is 1.09 bits per heavy atom. The highest BCUT2D eigenvalue weighted by Gasteiger charge is 2.13. The standard InChI is InChI=1S/C15H11BrFIN2O2/c1-8(21)19-13-5-2-9(16)6-14(13)20-15(22)11-4-3-10(17)7-12(11)18/h2-7H,1H3,(H,19,21)(H,20,22). The van der Waals surface area contributed by atoms with Gasteiger partial charge in [0.25, 0.3) is 5.91 Å². The maximum atomic E-state index is 13.1. The summed E-state index contributed by atoms with van der Waals surface area (Å²) in [5, 5.41) is 5.37. The van der Waals surface area contributed by atoms with Crippen molar-refractivity contribution in [3.05, 3.63) is 55.8 Å². The molecule has 0 spiro atoms. The van der Waals surface area contributed by atoms with Crippen LogP contribution in [0.4, 0.5) is 15.8 Å². The van der Waals surface area contributed by atoms with Crippen LogP contribution >= 0.6 is 38.5 Å². The molecule has 0 aliphatic heterocycles. The molecule has 0 aliphatic carbocycles. The molecule has 22 heavy (non-hydrogen) atoms. The molecule has 0 bridgehead atoms. The molecule has 2 N–H and O–H groups in total. The minimum Gasteiger partial charge on any atom is -0.325 e. The average Bonchev–Trinajstić information content (AvgIpc) is 2.41. The summed E-state index contributed by atoms with van der Waals surface area (Å²) < 4.78 is 14.4. The number of anilines is 2. The van der Waals surface area contributed by atoms with Gasteiger partial charge in [0, 0.05) is 15.0 Å². The van der Waals surface area contributed by atoms with Crippen LogP contribution in [0.3, 0.4) is 0 Å². The number of hydrogen-bond acceptors (Lipinski definition) is 2. The Balaban J connectivity index is 2.31. The van der Waals surface area contributed by atoms with Gasteiger partial charge in [-0.1, -0.05) is 15.9 Å². The summed E-state index contributed by atoms with van der Waals surface area (Å²) in [4.78, 5) is 23.5. The van der Waals surface area contributed by atoms with Gasteiger partial charge in [-0.25, -0.2) is 4.39 Å². The third-order valence-corrected chi connectivity index (χ3v) is 4.10. The lowest BCUT2D eigenvalue weighted by atomic mass is 10.2. The molecule has 0 saturated heterocycles. The summed E-state index contributed by atoms with van der Waals surface area (Å²) in [7, 11) is 0. The lowest BCUT2D eigenvalue weighted by molar-refractivity contribution is -0.114. The van der Waals surface area contributed by atoms with Gasteiger partial charge in [0.2, 0.25) is 5.91 Å². The summed E-state index contributed by atoms with van der Waals surface area (Å²) >= 11 is 5.22. The number of carbonyl (C=O) groups excluding carboxylic acids is 2. The molecule has 2 aromatic carbocycles. The number of halogens is 3. The number of nitrogens with one attached hydrogen (secondary N) is 2. The normalized spacial score (nSPS) is 10.2. The van der Waals surface area contributed by atoms with Gasteiger partial charge < -0.3 is 10.6 Å². The first-order valence-corrected chi connectivity index (χ1v) is 8.07. The van der Waals surface area contributed by atoms with Crippen LogP contribution in [0.5, 0.6) is 0 Å². The third kappa shape index (κ3) is 4.26. The predicted octanol–water partition coefficient (Wildman–Crippen LogP) is 4.40. The van der Waals surface area contributed by atoms with E-state index in [1.165, 1.54) is 25.1 Å². The second kappa shape index (κ2) is 7.19. The van der Waals surface area contributed by atoms with E-state index in [0.717, 1.165) is 4.47 Å². The Kier molecular flexibility index (Phi) is 5.52. The zero-order valence-electron chi connectivity index (χ0n) is 11.4. The van der Waals surface area contributed by atoms with Crippen molar-refractivity contribution in [1.82, 2.24) is 0 Å². The maximum Gasteiger partial charge on any atom is 0.256 e. The summed E-state index contributed by atoms with van der Waals surface area (Å²) in [6.07, 6.45) is 0. The average molecular weight is 477 g/mol. The maximum absolute atomic E-state index is 13.1. The van der Waals surface area contributed by atoms with E-state index < -0.39 is 5.82 Å². The number of benzene rings is 2. The van der Waals surface area contributed by atoms with Crippen molar-refractivity contribution < 1.29 is 14.0 Å². The fourth-order valence-electron chi connectivity index (χ4n) is 1.78. The third-order valence-electron chi connectivity index (χ3n) is 2.72. The molecule has 2 amide bonds. The van der Waals surface area contributed by atoms with Crippen molar-refractivity contribution in [1.29, 1.82) is 0 Å². The van der Waals surface area contributed by atoms with Crippen LogP contribution in [-0.2, 0) is 4.79 Å². The second-order valence-electron chi connectivity index (χ2n) is 4.45. The predicted molar refractivity (Wildman–Crippen MR) is 95.5 cm³/mol. The topological polar surface area (TPSA) is 58.2 Å². The molecule has 0 fully saturated rings. The fraction of sp³-hybridized carbons (Fsp3) is 0.0667. The van der Waals surface area contributed by atoms with Gasteiger partial charge in [0.05, 0.1) is 16.9 Å². The Labute approximate surface area is 148 Å². The summed E-state index contributed by atoms with van der Waals surface area (Å²) in [6, 6.07) is 9.04. The van der Waals surface area contributed by atoms with Gasteiger partial charge >= 0.3 is 0 Å². The minimum absolute atomic E-state index is 0.241. The highest BCUT2D eigenvalue weighted by atomic mass is 127. The molecule has 2 aromatic rings. The zero-order valence-corrected chi connectivity index (χ0v) is 15.2. The van der Waals surface area contributed by atoms with E-state index in [1.807, 2.05) is 22.6 Å². The lowest BCUT2D eigenvalue weighted by Gasteiger charge is -2.12. The molecule has 2 rings (SSSR count). The van der Waals surface area contributed by atoms with Crippen LogP contribution in [-0.4, -0.2) is 11.8 Å². The van der Waals surface area contributed by atoms with Gasteiger partial charge in [-0.2, -0.15) is 0 Å². The van der Waals surface area contributed by atoms with Crippen LogP contribution in [0.1, 0.15) is 17.3 Å². The molecule has 0 aromatic heterocycles. The number of hydrogen-bond donors (Lipinski definition) is 2. The number of rotatable bonds is 3. The Morgan fingerprint density at radius 3 is 2.45 bits per heavy atom. The van der Waals surface area contributed by atoms with Crippen molar-refractivity contribution in [3.63, 3.8) is 0 Å². The van der Waals surface area contributed by atoms with E-state index in [4.69, 9.17) is 0 Å². The van der Waals surface area contributed by atoms with Crippen molar-refractivity contribution >= 4 is 61.7 Å². The molecule has 0 saturated carbocycles. The molecule has 0 aliphatic rings. The minimum atomic E-state index is -0.401. The van der Waals surface area contributed by atoms with Gasteiger partial charge in [-0.15, -0.1) is 0 Å². The van der Waals surface area contributed by atoms with E-state index in [-0.39, 0.29) is 11.8 Å². The monoisotopic (exact) mass is 476 g/mol. The van der Waals surface area contributed by atoms with Crippen LogP contribution in [0.2, 0.25) is 0 Å². The largest absolute Gasteiger partial charge is 0.325 e. The molecule has 114 valence electrons. The first-order valence-electron chi connectivity index (χ1n) is 6.20. The van der Waals surface area contributed by atoms with E-state index in [9.17, 15) is 14.0 Å². The fourth-order valence-corrected chi connectivity index (χ4v) is 2.87. The molecule has 0 atom stereocenters. The number of carbonyl (C=O) groups is 2. The van der Waals surface area contributed by atoms with E-state index in [1.54, 1.807) is 18.2 Å². The van der Waals surface area contributed by atoms with Crippen molar-refractivity contribution in [3.8, 4) is 0 Å². The van der Waals surface area contributed by atoms with Crippen molar-refractivity contribution in [2.45, 2.75) is 6.92 Å². The van der Waals surface area contributed by atoms with Crippen molar-refractivity contribution in [2.24, 2.45) is 0 Å². The Hall–Kier alpha value is -1.48. The molecular formula is C15H11BrFIN2O2. The van der Waals surface area contributed by atoms with Crippen LogP contribution in [0.25, 0.3) is 0 Å². The summed E-state index contributed by atoms with van der Waals surface area (Å²) in [6.45, 7) is 1.39. The first kappa shape index (κ1) is 16.9. The van der Waals surface area contributed by atoms with Crippen LogP contribution in [0, 0.1) is 9.39 Å². The quantitative estimate of drug-likeness (QED) is 0.645. The van der Waals surface area contributed by atoms with Gasteiger partial charge in [-0.05, 0) is 59.0 Å². The Bertz CT molecular complexity index is 752. The molecule has 0 heterocycles. The van der Waals surface area contributed by atoms with Crippen molar-refractivity contribution in [2.75, 3.05) is 10.6 Å². The van der Waals surface area contributed by atoms with Crippen LogP contribution in [0.15, 0.2) is 40.9 Å². The molecule has 7 heteroatoms. The molecular weight excluding hydrogens is 466 g/mol. The van der Waals surface area contributed by atoms with E-state index >= 15 is 0 Å². The summed E-state index contributed by atoms with van der Waals surface area (Å²) in [5.41, 5.74) is 1.30. The molecule has 0 radical (unpaired) electrons. The van der Waals surface area contributed by atoms with Gasteiger partial charge in [0.15, 0.2) is 0 Å². The highest BCUT2D eigenvalue weighted by Crippen LogP contribution is 2.27. The molecule has 4 nitrogen and oxygen atoms in total. The van der Waals surface area contributed by atoms with Gasteiger partial charge in [-0.3, -0.25) is 9.59 Å². The number of amides is 2. The van der Waals surface area contributed by atoms with E-state index in [2.05, 4.69) is 26.6 Å².